The van der Waals surface area contributed by atoms with E-state index in [1.54, 1.807) is 6.92 Å². The maximum atomic E-state index is 13.5. The summed E-state index contributed by atoms with van der Waals surface area (Å²) in [4.78, 5) is 26.1. The number of likely N-dealkylation sites (N-methyl/N-ethyl adjacent to an activating group) is 1. The molecule has 1 aliphatic rings. The first-order valence-electron chi connectivity index (χ1n) is 7.92. The Balaban J connectivity index is 2.10. The highest BCUT2D eigenvalue weighted by atomic mass is 35.5. The van der Waals surface area contributed by atoms with E-state index < -0.39 is 39.7 Å². The predicted molar refractivity (Wildman–Crippen MR) is 95.7 cm³/mol. The topological polar surface area (TPSA) is 80.8 Å². The summed E-state index contributed by atoms with van der Waals surface area (Å²) in [6.45, 7) is 3.35. The van der Waals surface area contributed by atoms with Crippen molar-refractivity contribution in [2.75, 3.05) is 18.1 Å². The SMILES string of the molecule is CCN(C(=O)C(C)OC(=O)c1cc(F)c(Cl)cc1Cl)C1CCS(=O)(=O)C1. The molecule has 1 amide bonds. The maximum Gasteiger partial charge on any atom is 0.340 e. The second-order valence-electron chi connectivity index (χ2n) is 5.97. The molecule has 2 rings (SSSR count). The first kappa shape index (κ1) is 20.9. The minimum absolute atomic E-state index is 0.0231. The van der Waals surface area contributed by atoms with E-state index in [1.165, 1.54) is 11.8 Å². The van der Waals surface area contributed by atoms with Gasteiger partial charge in [0, 0.05) is 12.6 Å². The van der Waals surface area contributed by atoms with E-state index in [2.05, 4.69) is 0 Å². The second-order valence-corrected chi connectivity index (χ2v) is 9.02. The first-order valence-corrected chi connectivity index (χ1v) is 10.5. The van der Waals surface area contributed by atoms with Gasteiger partial charge in [-0.1, -0.05) is 23.2 Å². The van der Waals surface area contributed by atoms with Crippen LogP contribution in [0.2, 0.25) is 10.0 Å². The van der Waals surface area contributed by atoms with Crippen LogP contribution in [0, 0.1) is 5.82 Å². The molecule has 0 radical (unpaired) electrons. The number of ether oxygens (including phenoxy) is 1. The number of carbonyl (C=O) groups is 2. The van der Waals surface area contributed by atoms with Gasteiger partial charge < -0.3 is 9.64 Å². The maximum absolute atomic E-state index is 13.5. The molecular formula is C16H18Cl2FNO5S. The van der Waals surface area contributed by atoms with Crippen LogP contribution in [0.3, 0.4) is 0 Å². The predicted octanol–water partition coefficient (Wildman–Crippen LogP) is 2.71. The summed E-state index contributed by atoms with van der Waals surface area (Å²) in [5, 5.41) is -0.342. The zero-order valence-corrected chi connectivity index (χ0v) is 16.5. The molecule has 0 aliphatic carbocycles. The molecule has 144 valence electrons. The van der Waals surface area contributed by atoms with Crippen molar-refractivity contribution in [3.05, 3.63) is 33.6 Å². The van der Waals surface area contributed by atoms with Crippen molar-refractivity contribution in [3.63, 3.8) is 0 Å². The average Bonchev–Trinajstić information content (AvgIpc) is 2.91. The number of halogens is 3. The van der Waals surface area contributed by atoms with E-state index in [0.29, 0.717) is 6.42 Å². The Morgan fingerprint density at radius 3 is 2.54 bits per heavy atom. The number of hydrogen-bond acceptors (Lipinski definition) is 5. The van der Waals surface area contributed by atoms with Crippen LogP contribution in [0.5, 0.6) is 0 Å². The Morgan fingerprint density at radius 1 is 1.35 bits per heavy atom. The fourth-order valence-corrected chi connectivity index (χ4v) is 4.99. The summed E-state index contributed by atoms with van der Waals surface area (Å²) in [6.07, 6.45) is -0.836. The Hall–Kier alpha value is -1.38. The summed E-state index contributed by atoms with van der Waals surface area (Å²) < 4.78 is 41.9. The van der Waals surface area contributed by atoms with Crippen molar-refractivity contribution in [2.24, 2.45) is 0 Å². The van der Waals surface area contributed by atoms with E-state index in [1.807, 2.05) is 0 Å². The van der Waals surface area contributed by atoms with Crippen molar-refractivity contribution in [3.8, 4) is 0 Å². The molecule has 1 aliphatic heterocycles. The lowest BCUT2D eigenvalue weighted by Crippen LogP contribution is -2.46. The van der Waals surface area contributed by atoms with E-state index in [4.69, 9.17) is 27.9 Å². The standard InChI is InChI=1S/C16H18Cl2FNO5S/c1-3-20(10-4-5-26(23,24)8-10)15(21)9(2)25-16(22)11-6-14(19)13(18)7-12(11)17/h6-7,9-10H,3-5,8H2,1-2H3. The molecule has 1 aromatic rings. The number of amides is 1. The average molecular weight is 426 g/mol. The molecule has 0 N–H and O–H groups in total. The Kier molecular flexibility index (Phi) is 6.52. The summed E-state index contributed by atoms with van der Waals surface area (Å²) in [5.74, 6) is -2.42. The van der Waals surface area contributed by atoms with Crippen molar-refractivity contribution in [2.45, 2.75) is 32.4 Å². The van der Waals surface area contributed by atoms with Gasteiger partial charge in [0.15, 0.2) is 15.9 Å². The van der Waals surface area contributed by atoms with Crippen LogP contribution < -0.4 is 0 Å². The van der Waals surface area contributed by atoms with Crippen LogP contribution in [0.1, 0.15) is 30.6 Å². The van der Waals surface area contributed by atoms with Gasteiger partial charge in [0.1, 0.15) is 5.82 Å². The minimum atomic E-state index is -3.16. The molecule has 1 aromatic carbocycles. The van der Waals surface area contributed by atoms with Crippen molar-refractivity contribution >= 4 is 44.9 Å². The van der Waals surface area contributed by atoms with E-state index in [9.17, 15) is 22.4 Å². The van der Waals surface area contributed by atoms with E-state index in [0.717, 1.165) is 12.1 Å². The van der Waals surface area contributed by atoms with Crippen LogP contribution in [0.25, 0.3) is 0 Å². The van der Waals surface area contributed by atoms with Gasteiger partial charge in [-0.25, -0.2) is 17.6 Å². The Bertz CT molecular complexity index is 830. The minimum Gasteiger partial charge on any atom is -0.449 e. The molecule has 2 atom stereocenters. The number of carbonyl (C=O) groups excluding carboxylic acids is 2. The summed E-state index contributed by atoms with van der Waals surface area (Å²) >= 11 is 11.5. The number of esters is 1. The third kappa shape index (κ3) is 4.66. The zero-order chi connectivity index (χ0) is 19.6. The second kappa shape index (κ2) is 8.10. The summed E-state index contributed by atoms with van der Waals surface area (Å²) in [6, 6.07) is 1.46. The van der Waals surface area contributed by atoms with Gasteiger partial charge in [-0.15, -0.1) is 0 Å². The first-order chi connectivity index (χ1) is 12.1. The third-order valence-electron chi connectivity index (χ3n) is 4.13. The largest absolute Gasteiger partial charge is 0.449 e. The lowest BCUT2D eigenvalue weighted by atomic mass is 10.2. The van der Waals surface area contributed by atoms with E-state index >= 15 is 0 Å². The fraction of sp³-hybridized carbons (Fsp3) is 0.500. The number of hydrogen-bond donors (Lipinski definition) is 0. The van der Waals surface area contributed by atoms with Crippen LogP contribution in [-0.2, 0) is 19.4 Å². The van der Waals surface area contributed by atoms with Gasteiger partial charge in [0.05, 0.1) is 27.1 Å². The molecule has 1 fully saturated rings. The molecule has 26 heavy (non-hydrogen) atoms. The normalized spacial score (nSPS) is 19.8. The molecule has 10 heteroatoms. The molecule has 0 saturated carbocycles. The number of sulfone groups is 1. The Morgan fingerprint density at radius 2 is 2.00 bits per heavy atom. The highest BCUT2D eigenvalue weighted by Gasteiger charge is 2.36. The van der Waals surface area contributed by atoms with Crippen molar-refractivity contribution in [1.29, 1.82) is 0 Å². The van der Waals surface area contributed by atoms with Gasteiger partial charge in [0.25, 0.3) is 5.91 Å². The Labute approximate surface area is 161 Å². The van der Waals surface area contributed by atoms with Crippen molar-refractivity contribution < 1.29 is 27.1 Å². The van der Waals surface area contributed by atoms with Gasteiger partial charge in [-0.3, -0.25) is 4.79 Å². The summed E-state index contributed by atoms with van der Waals surface area (Å²) in [7, 11) is -3.16. The quantitative estimate of drug-likeness (QED) is 0.534. The van der Waals surface area contributed by atoms with E-state index in [-0.39, 0.29) is 33.7 Å². The fourth-order valence-electron chi connectivity index (χ4n) is 2.80. The molecular weight excluding hydrogens is 408 g/mol. The van der Waals surface area contributed by atoms with Gasteiger partial charge >= 0.3 is 5.97 Å². The lowest BCUT2D eigenvalue weighted by Gasteiger charge is -2.29. The lowest BCUT2D eigenvalue weighted by molar-refractivity contribution is -0.141. The van der Waals surface area contributed by atoms with Crippen molar-refractivity contribution in [1.82, 2.24) is 4.90 Å². The monoisotopic (exact) mass is 425 g/mol. The van der Waals surface area contributed by atoms with Crippen LogP contribution in [-0.4, -0.2) is 55.4 Å². The molecule has 6 nitrogen and oxygen atoms in total. The molecule has 1 heterocycles. The zero-order valence-electron chi connectivity index (χ0n) is 14.2. The van der Waals surface area contributed by atoms with Gasteiger partial charge in [-0.05, 0) is 32.4 Å². The molecule has 1 saturated heterocycles. The van der Waals surface area contributed by atoms with Gasteiger partial charge in [-0.2, -0.15) is 0 Å². The highest BCUT2D eigenvalue weighted by Crippen LogP contribution is 2.25. The van der Waals surface area contributed by atoms with Crippen LogP contribution in [0.15, 0.2) is 12.1 Å². The highest BCUT2D eigenvalue weighted by molar-refractivity contribution is 7.91. The number of rotatable bonds is 5. The molecule has 0 bridgehead atoms. The molecule has 0 aromatic heterocycles. The van der Waals surface area contributed by atoms with Crippen LogP contribution >= 0.6 is 23.2 Å². The van der Waals surface area contributed by atoms with Crippen LogP contribution in [0.4, 0.5) is 4.39 Å². The number of benzene rings is 1. The van der Waals surface area contributed by atoms with Gasteiger partial charge in [0.2, 0.25) is 0 Å². The molecule has 0 spiro atoms. The smallest absolute Gasteiger partial charge is 0.340 e. The summed E-state index contributed by atoms with van der Waals surface area (Å²) in [5.41, 5.74) is -0.250. The molecule has 2 unspecified atom stereocenters. The third-order valence-corrected chi connectivity index (χ3v) is 6.49. The number of nitrogens with zero attached hydrogens (tertiary/aromatic N) is 1.